The third-order valence-electron chi connectivity index (χ3n) is 5.53. The van der Waals surface area contributed by atoms with Gasteiger partial charge in [0.2, 0.25) is 0 Å². The quantitative estimate of drug-likeness (QED) is 0.712. The summed E-state index contributed by atoms with van der Waals surface area (Å²) in [6.45, 7) is 3.74. The first-order valence-electron chi connectivity index (χ1n) is 10.1. The fourth-order valence-corrected chi connectivity index (χ4v) is 4.03. The molecule has 5 nitrogen and oxygen atoms in total. The lowest BCUT2D eigenvalue weighted by Gasteiger charge is -2.31. The highest BCUT2D eigenvalue weighted by molar-refractivity contribution is 6.10. The fraction of sp³-hybridized carbons (Fsp3) is 0.208. The van der Waals surface area contributed by atoms with E-state index in [0.29, 0.717) is 29.3 Å². The lowest BCUT2D eigenvalue weighted by Crippen LogP contribution is -2.43. The molecule has 0 saturated carbocycles. The number of amides is 1. The van der Waals surface area contributed by atoms with Crippen LogP contribution >= 0.6 is 0 Å². The zero-order valence-electron chi connectivity index (χ0n) is 16.5. The summed E-state index contributed by atoms with van der Waals surface area (Å²) in [4.78, 5) is 17.5. The van der Waals surface area contributed by atoms with Gasteiger partial charge in [-0.3, -0.25) is 4.79 Å². The molecule has 6 heteroatoms. The van der Waals surface area contributed by atoms with Gasteiger partial charge >= 0.3 is 0 Å². The summed E-state index contributed by atoms with van der Waals surface area (Å²) >= 11 is 0. The summed E-state index contributed by atoms with van der Waals surface area (Å²) in [5.41, 5.74) is 2.77. The molecule has 30 heavy (non-hydrogen) atoms. The molecular formula is C24H22FN3O2. The van der Waals surface area contributed by atoms with Crippen LogP contribution in [0.5, 0.6) is 11.5 Å². The topological polar surface area (TPSA) is 44.8 Å². The molecule has 1 saturated heterocycles. The Bertz CT molecular complexity index is 1080. The normalized spacial score (nSPS) is 15.8. The predicted molar refractivity (Wildman–Crippen MR) is 115 cm³/mol. The van der Waals surface area contributed by atoms with Crippen LogP contribution in [0.25, 0.3) is 0 Å². The Labute approximate surface area is 174 Å². The Hall–Kier alpha value is -3.38. The number of nitrogens with one attached hydrogen (secondary N) is 1. The van der Waals surface area contributed by atoms with Gasteiger partial charge in [0.15, 0.2) is 11.5 Å². The summed E-state index contributed by atoms with van der Waals surface area (Å²) in [6, 6.07) is 19.7. The molecule has 3 aromatic carbocycles. The molecule has 1 amide bonds. The third-order valence-corrected chi connectivity index (χ3v) is 5.53. The Morgan fingerprint density at radius 1 is 0.933 bits per heavy atom. The van der Waals surface area contributed by atoms with Gasteiger partial charge in [-0.25, -0.2) is 4.39 Å². The lowest BCUT2D eigenvalue weighted by molar-refractivity contribution is 0.0985. The summed E-state index contributed by atoms with van der Waals surface area (Å²) in [7, 11) is 0. The number of carbonyl (C=O) groups excluding carboxylic acids is 1. The minimum Gasteiger partial charge on any atom is -0.452 e. The SMILES string of the molecule is O=C1c2cccc(N3CCNCC3)c2Oc2ccc(F)cc2N1Cc1ccccc1. The van der Waals surface area contributed by atoms with Gasteiger partial charge in [0, 0.05) is 32.2 Å². The van der Waals surface area contributed by atoms with E-state index in [1.807, 2.05) is 42.5 Å². The molecule has 1 N–H and O–H groups in total. The number of rotatable bonds is 3. The average Bonchev–Trinajstić information content (AvgIpc) is 2.90. The number of benzene rings is 3. The Morgan fingerprint density at radius 3 is 2.53 bits per heavy atom. The third kappa shape index (κ3) is 3.39. The molecule has 0 aliphatic carbocycles. The molecule has 0 bridgehead atoms. The van der Waals surface area contributed by atoms with Crippen LogP contribution in [-0.2, 0) is 6.54 Å². The Morgan fingerprint density at radius 2 is 1.73 bits per heavy atom. The molecule has 2 aliphatic heterocycles. The van der Waals surface area contributed by atoms with Crippen molar-refractivity contribution in [2.24, 2.45) is 0 Å². The van der Waals surface area contributed by atoms with Crippen molar-refractivity contribution in [1.29, 1.82) is 0 Å². The van der Waals surface area contributed by atoms with Crippen molar-refractivity contribution in [2.75, 3.05) is 36.0 Å². The highest BCUT2D eigenvalue weighted by atomic mass is 19.1. The number of anilines is 2. The smallest absolute Gasteiger partial charge is 0.262 e. The second-order valence-corrected chi connectivity index (χ2v) is 7.48. The van der Waals surface area contributed by atoms with Crippen LogP contribution in [0.2, 0.25) is 0 Å². The molecule has 0 spiro atoms. The fourth-order valence-electron chi connectivity index (χ4n) is 4.03. The standard InChI is InChI=1S/C24H22FN3O2/c25-18-9-10-22-21(15-18)28(16-17-5-2-1-3-6-17)24(29)19-7-4-8-20(23(19)30-22)27-13-11-26-12-14-27/h1-10,15,26H,11-14,16H2. The van der Waals surface area contributed by atoms with Gasteiger partial charge in [-0.15, -0.1) is 0 Å². The molecule has 2 heterocycles. The summed E-state index contributed by atoms with van der Waals surface area (Å²) < 4.78 is 20.4. The van der Waals surface area contributed by atoms with Crippen LogP contribution in [-0.4, -0.2) is 32.1 Å². The second-order valence-electron chi connectivity index (χ2n) is 7.48. The van der Waals surface area contributed by atoms with E-state index in [0.717, 1.165) is 37.4 Å². The maximum atomic E-state index is 14.2. The van der Waals surface area contributed by atoms with Gasteiger partial charge in [0.25, 0.3) is 5.91 Å². The predicted octanol–water partition coefficient (Wildman–Crippen LogP) is 4.19. The monoisotopic (exact) mass is 403 g/mol. The lowest BCUT2D eigenvalue weighted by atomic mass is 10.1. The van der Waals surface area contributed by atoms with Gasteiger partial charge in [-0.2, -0.15) is 0 Å². The van der Waals surface area contributed by atoms with Crippen LogP contribution in [0.4, 0.5) is 15.8 Å². The van der Waals surface area contributed by atoms with Gasteiger partial charge < -0.3 is 19.9 Å². The van der Waals surface area contributed by atoms with Crippen LogP contribution in [0.3, 0.4) is 0 Å². The van der Waals surface area contributed by atoms with E-state index in [-0.39, 0.29) is 5.91 Å². The minimum absolute atomic E-state index is 0.199. The Kier molecular flexibility index (Phi) is 4.85. The molecule has 3 aromatic rings. The maximum absolute atomic E-state index is 14.2. The largest absolute Gasteiger partial charge is 0.452 e. The molecule has 0 radical (unpaired) electrons. The average molecular weight is 403 g/mol. The van der Waals surface area contributed by atoms with Crippen molar-refractivity contribution in [3.05, 3.63) is 83.7 Å². The molecule has 1 fully saturated rings. The molecular weight excluding hydrogens is 381 g/mol. The molecule has 5 rings (SSSR count). The van der Waals surface area contributed by atoms with E-state index in [1.165, 1.54) is 12.1 Å². The van der Waals surface area contributed by atoms with Crippen molar-refractivity contribution in [3.63, 3.8) is 0 Å². The van der Waals surface area contributed by atoms with Gasteiger partial charge in [0.05, 0.1) is 23.5 Å². The van der Waals surface area contributed by atoms with E-state index < -0.39 is 5.82 Å². The Balaban J connectivity index is 1.63. The first-order chi connectivity index (χ1) is 14.7. The second kappa shape index (κ2) is 7.80. The van der Waals surface area contributed by atoms with Crippen LogP contribution in [0.15, 0.2) is 66.7 Å². The van der Waals surface area contributed by atoms with E-state index in [2.05, 4.69) is 10.2 Å². The number of hydrogen-bond acceptors (Lipinski definition) is 4. The van der Waals surface area contributed by atoms with Crippen molar-refractivity contribution in [2.45, 2.75) is 6.54 Å². The highest BCUT2D eigenvalue weighted by Gasteiger charge is 2.31. The molecule has 0 atom stereocenters. The van der Waals surface area contributed by atoms with Gasteiger partial charge in [0.1, 0.15) is 5.82 Å². The zero-order valence-corrected chi connectivity index (χ0v) is 16.5. The number of para-hydroxylation sites is 1. The number of ether oxygens (including phenoxy) is 1. The van der Waals surface area contributed by atoms with Crippen molar-refractivity contribution in [3.8, 4) is 11.5 Å². The molecule has 152 valence electrons. The van der Waals surface area contributed by atoms with Gasteiger partial charge in [-0.1, -0.05) is 36.4 Å². The molecule has 2 aliphatic rings. The number of halogens is 1. The van der Waals surface area contributed by atoms with E-state index in [9.17, 15) is 9.18 Å². The first-order valence-corrected chi connectivity index (χ1v) is 10.1. The molecule has 0 unspecified atom stereocenters. The van der Waals surface area contributed by atoms with Crippen LogP contribution < -0.4 is 19.9 Å². The number of carbonyl (C=O) groups is 1. The number of fused-ring (bicyclic) bond motifs is 2. The van der Waals surface area contributed by atoms with Crippen molar-refractivity contribution >= 4 is 17.3 Å². The summed E-state index contributed by atoms with van der Waals surface area (Å²) in [6.07, 6.45) is 0. The number of piperazine rings is 1. The molecule has 0 aromatic heterocycles. The van der Waals surface area contributed by atoms with Crippen molar-refractivity contribution in [1.82, 2.24) is 5.32 Å². The highest BCUT2D eigenvalue weighted by Crippen LogP contribution is 2.44. The zero-order chi connectivity index (χ0) is 20.5. The number of hydrogen-bond donors (Lipinski definition) is 1. The number of nitrogens with zero attached hydrogens (tertiary/aromatic N) is 2. The van der Waals surface area contributed by atoms with Crippen LogP contribution in [0.1, 0.15) is 15.9 Å². The van der Waals surface area contributed by atoms with Crippen molar-refractivity contribution < 1.29 is 13.9 Å². The van der Waals surface area contributed by atoms with Gasteiger partial charge in [-0.05, 0) is 29.8 Å². The van der Waals surface area contributed by atoms with E-state index in [1.54, 1.807) is 17.0 Å². The maximum Gasteiger partial charge on any atom is 0.262 e. The summed E-state index contributed by atoms with van der Waals surface area (Å²) in [5, 5.41) is 3.34. The van der Waals surface area contributed by atoms with Crippen LogP contribution in [0, 0.1) is 5.82 Å². The minimum atomic E-state index is -0.406. The van der Waals surface area contributed by atoms with E-state index in [4.69, 9.17) is 4.74 Å². The first kappa shape index (κ1) is 18.6. The van der Waals surface area contributed by atoms with E-state index >= 15 is 0 Å². The summed E-state index contributed by atoms with van der Waals surface area (Å²) in [5.74, 6) is 0.404.